The van der Waals surface area contributed by atoms with Gasteiger partial charge in [-0.25, -0.2) is 0 Å². The number of Topliss-reactive ketones (excluding diaryl/α,β-unsaturated/α-hetero) is 1. The molecule has 1 aliphatic rings. The highest BCUT2D eigenvalue weighted by molar-refractivity contribution is 5.87. The first-order valence-corrected chi connectivity index (χ1v) is 5.34. The lowest BCUT2D eigenvalue weighted by Gasteiger charge is -2.30. The lowest BCUT2D eigenvalue weighted by molar-refractivity contribution is -0.140. The van der Waals surface area contributed by atoms with Gasteiger partial charge < -0.3 is 5.11 Å². The Kier molecular flexibility index (Phi) is 4.16. The van der Waals surface area contributed by atoms with Crippen molar-refractivity contribution < 1.29 is 9.90 Å². The molecule has 0 amide bonds. The Morgan fingerprint density at radius 1 is 1.36 bits per heavy atom. The molecule has 1 N–H and O–H groups in total. The van der Waals surface area contributed by atoms with E-state index in [4.69, 9.17) is 0 Å². The lowest BCUT2D eigenvalue weighted by atomic mass is 9.80. The number of carbonyl (C=O) groups excluding carboxylic acids is 1. The van der Waals surface area contributed by atoms with Gasteiger partial charge in [0, 0.05) is 12.8 Å². The Labute approximate surface area is 85.7 Å². The maximum Gasteiger partial charge on any atom is 0.165 e. The van der Waals surface area contributed by atoms with Crippen LogP contribution in [-0.4, -0.2) is 16.5 Å². The van der Waals surface area contributed by atoms with E-state index in [-0.39, 0.29) is 5.78 Å². The summed E-state index contributed by atoms with van der Waals surface area (Å²) in [4.78, 5) is 11.7. The predicted octanol–water partition coefficient (Wildman–Crippen LogP) is 2.05. The number of aliphatic hydroxyl groups is 1. The van der Waals surface area contributed by atoms with Gasteiger partial charge in [-0.05, 0) is 19.8 Å². The molecule has 0 heterocycles. The molecule has 0 bridgehead atoms. The molecule has 0 aromatic rings. The van der Waals surface area contributed by atoms with Gasteiger partial charge in [-0.1, -0.05) is 19.3 Å². The number of ketones is 1. The fourth-order valence-electron chi connectivity index (χ4n) is 1.95. The monoisotopic (exact) mass is 194 g/mol. The molecule has 0 aliphatic heterocycles. The zero-order valence-corrected chi connectivity index (χ0v) is 8.81. The van der Waals surface area contributed by atoms with Gasteiger partial charge in [-0.3, -0.25) is 4.79 Å². The second kappa shape index (κ2) is 5.17. The largest absolute Gasteiger partial charge is 0.382 e. The maximum absolute atomic E-state index is 11.7. The summed E-state index contributed by atoms with van der Waals surface area (Å²) in [5.74, 6) is 5.59. The summed E-state index contributed by atoms with van der Waals surface area (Å²) in [5.41, 5.74) is -1.02. The minimum atomic E-state index is -1.02. The number of rotatable bonds is 3. The maximum atomic E-state index is 11.7. The zero-order chi connectivity index (χ0) is 10.4. The Morgan fingerprint density at radius 2 is 2.00 bits per heavy atom. The van der Waals surface area contributed by atoms with Gasteiger partial charge in [0.05, 0.1) is 0 Å². The van der Waals surface area contributed by atoms with Crippen LogP contribution >= 0.6 is 0 Å². The molecule has 1 fully saturated rings. The van der Waals surface area contributed by atoms with Gasteiger partial charge in [0.15, 0.2) is 5.78 Å². The normalized spacial score (nSPS) is 19.6. The molecule has 0 spiro atoms. The van der Waals surface area contributed by atoms with E-state index in [2.05, 4.69) is 11.8 Å². The summed E-state index contributed by atoms with van der Waals surface area (Å²) in [5, 5.41) is 10.0. The molecule has 1 rings (SSSR count). The molecule has 78 valence electrons. The third kappa shape index (κ3) is 2.85. The number of hydrogen-bond donors (Lipinski definition) is 1. The first kappa shape index (κ1) is 11.3. The van der Waals surface area contributed by atoms with E-state index in [1.165, 1.54) is 0 Å². The van der Waals surface area contributed by atoms with E-state index >= 15 is 0 Å². The standard InChI is InChI=1S/C12H18O2/c1-2-3-5-8-11(13)12(14)9-6-4-7-10-12/h14H,4-10H2,1H3. The summed E-state index contributed by atoms with van der Waals surface area (Å²) < 4.78 is 0. The summed E-state index contributed by atoms with van der Waals surface area (Å²) >= 11 is 0. The van der Waals surface area contributed by atoms with Gasteiger partial charge in [0.25, 0.3) is 0 Å². The molecule has 14 heavy (non-hydrogen) atoms. The Morgan fingerprint density at radius 3 is 2.57 bits per heavy atom. The van der Waals surface area contributed by atoms with Crippen LogP contribution in [0.25, 0.3) is 0 Å². The SMILES string of the molecule is CC#CCCC(=O)C1(O)CCCCC1. The highest BCUT2D eigenvalue weighted by Gasteiger charge is 2.35. The molecule has 0 atom stereocenters. The average Bonchev–Trinajstić information content (AvgIpc) is 2.19. The lowest BCUT2D eigenvalue weighted by Crippen LogP contribution is -2.40. The van der Waals surface area contributed by atoms with Gasteiger partial charge in [0.2, 0.25) is 0 Å². The molecule has 0 aromatic carbocycles. The van der Waals surface area contributed by atoms with Gasteiger partial charge in [-0.2, -0.15) is 0 Å². The molecule has 1 saturated carbocycles. The van der Waals surface area contributed by atoms with Crippen molar-refractivity contribution in [3.8, 4) is 11.8 Å². The Balaban J connectivity index is 2.43. The molecular formula is C12H18O2. The van der Waals surface area contributed by atoms with Crippen LogP contribution in [0.2, 0.25) is 0 Å². The molecule has 0 unspecified atom stereocenters. The van der Waals surface area contributed by atoms with Crippen molar-refractivity contribution in [3.05, 3.63) is 0 Å². The van der Waals surface area contributed by atoms with Crippen LogP contribution in [0.5, 0.6) is 0 Å². The summed E-state index contributed by atoms with van der Waals surface area (Å²) in [7, 11) is 0. The van der Waals surface area contributed by atoms with Gasteiger partial charge in [-0.15, -0.1) is 11.8 Å². The van der Waals surface area contributed by atoms with Crippen LogP contribution < -0.4 is 0 Å². The third-order valence-electron chi connectivity index (χ3n) is 2.85. The van der Waals surface area contributed by atoms with Crippen LogP contribution in [0.1, 0.15) is 51.9 Å². The van der Waals surface area contributed by atoms with Crippen molar-refractivity contribution in [2.45, 2.75) is 57.5 Å². The topological polar surface area (TPSA) is 37.3 Å². The molecular weight excluding hydrogens is 176 g/mol. The molecule has 0 radical (unpaired) electrons. The van der Waals surface area contributed by atoms with Crippen LogP contribution in [0.4, 0.5) is 0 Å². The highest BCUT2D eigenvalue weighted by atomic mass is 16.3. The third-order valence-corrected chi connectivity index (χ3v) is 2.85. The second-order valence-corrected chi connectivity index (χ2v) is 3.94. The number of hydrogen-bond acceptors (Lipinski definition) is 2. The van der Waals surface area contributed by atoms with E-state index in [1.807, 2.05) is 0 Å². The molecule has 2 heteroatoms. The Bertz CT molecular complexity index is 251. The van der Waals surface area contributed by atoms with Crippen LogP contribution in [0.3, 0.4) is 0 Å². The molecule has 0 aromatic heterocycles. The van der Waals surface area contributed by atoms with Crippen LogP contribution in [-0.2, 0) is 4.79 Å². The fraction of sp³-hybridized carbons (Fsp3) is 0.750. The van der Waals surface area contributed by atoms with Crippen molar-refractivity contribution in [2.24, 2.45) is 0 Å². The predicted molar refractivity (Wildman–Crippen MR) is 55.7 cm³/mol. The van der Waals surface area contributed by atoms with E-state index in [0.717, 1.165) is 19.3 Å². The van der Waals surface area contributed by atoms with E-state index in [1.54, 1.807) is 6.92 Å². The minimum Gasteiger partial charge on any atom is -0.382 e. The smallest absolute Gasteiger partial charge is 0.165 e. The summed E-state index contributed by atoms with van der Waals surface area (Å²) in [6.07, 6.45) is 5.36. The Hall–Kier alpha value is -0.810. The minimum absolute atomic E-state index is 0.0139. The van der Waals surface area contributed by atoms with E-state index in [0.29, 0.717) is 25.7 Å². The molecule has 0 saturated heterocycles. The van der Waals surface area contributed by atoms with Gasteiger partial charge >= 0.3 is 0 Å². The summed E-state index contributed by atoms with van der Waals surface area (Å²) in [6, 6.07) is 0. The van der Waals surface area contributed by atoms with E-state index < -0.39 is 5.60 Å². The summed E-state index contributed by atoms with van der Waals surface area (Å²) in [6.45, 7) is 1.76. The van der Waals surface area contributed by atoms with Crippen molar-refractivity contribution in [1.29, 1.82) is 0 Å². The van der Waals surface area contributed by atoms with Crippen LogP contribution in [0, 0.1) is 11.8 Å². The quantitative estimate of drug-likeness (QED) is 0.698. The molecule has 1 aliphatic carbocycles. The van der Waals surface area contributed by atoms with E-state index in [9.17, 15) is 9.90 Å². The fourth-order valence-corrected chi connectivity index (χ4v) is 1.95. The molecule has 2 nitrogen and oxygen atoms in total. The van der Waals surface area contributed by atoms with Crippen molar-refractivity contribution in [2.75, 3.05) is 0 Å². The first-order valence-electron chi connectivity index (χ1n) is 5.34. The second-order valence-electron chi connectivity index (χ2n) is 3.94. The zero-order valence-electron chi connectivity index (χ0n) is 8.81. The van der Waals surface area contributed by atoms with Crippen LogP contribution in [0.15, 0.2) is 0 Å². The van der Waals surface area contributed by atoms with Gasteiger partial charge in [0.1, 0.15) is 5.60 Å². The first-order chi connectivity index (χ1) is 6.69. The number of carbonyl (C=O) groups is 1. The van der Waals surface area contributed by atoms with Crippen molar-refractivity contribution in [3.63, 3.8) is 0 Å². The van der Waals surface area contributed by atoms with Crippen molar-refractivity contribution in [1.82, 2.24) is 0 Å². The average molecular weight is 194 g/mol. The van der Waals surface area contributed by atoms with Crippen molar-refractivity contribution >= 4 is 5.78 Å². The highest BCUT2D eigenvalue weighted by Crippen LogP contribution is 2.29.